The zero-order valence-electron chi connectivity index (χ0n) is 19.2. The van der Waals surface area contributed by atoms with Gasteiger partial charge in [0.25, 0.3) is 11.8 Å². The van der Waals surface area contributed by atoms with Gasteiger partial charge in [0.15, 0.2) is 11.5 Å². The number of methoxy groups -OCH3 is 1. The van der Waals surface area contributed by atoms with Gasteiger partial charge in [0.2, 0.25) is 0 Å². The van der Waals surface area contributed by atoms with Crippen LogP contribution in [0, 0.1) is 0 Å². The van der Waals surface area contributed by atoms with Crippen molar-refractivity contribution in [1.29, 1.82) is 0 Å². The maximum absolute atomic E-state index is 13.3. The normalized spacial score (nSPS) is 12.2. The fraction of sp³-hybridized carbons (Fsp3) is 0.185. The lowest BCUT2D eigenvalue weighted by molar-refractivity contribution is -0.124. The van der Waals surface area contributed by atoms with Crippen LogP contribution in [0.25, 0.3) is 6.08 Å². The summed E-state index contributed by atoms with van der Waals surface area (Å²) in [7, 11) is 1.43. The molecule has 0 unspecified atom stereocenters. The number of ether oxygens (including phenoxy) is 1. The van der Waals surface area contributed by atoms with E-state index in [4.69, 9.17) is 4.74 Å². The Morgan fingerprint density at radius 1 is 0.882 bits per heavy atom. The van der Waals surface area contributed by atoms with Crippen molar-refractivity contribution in [2.45, 2.75) is 25.9 Å². The summed E-state index contributed by atoms with van der Waals surface area (Å²) in [5.74, 6) is -0.879. The Morgan fingerprint density at radius 3 is 1.79 bits per heavy atom. The van der Waals surface area contributed by atoms with E-state index in [-0.39, 0.29) is 29.2 Å². The van der Waals surface area contributed by atoms with Crippen molar-refractivity contribution in [3.8, 4) is 11.5 Å². The molecule has 34 heavy (non-hydrogen) atoms. The van der Waals surface area contributed by atoms with Crippen LogP contribution < -0.4 is 15.4 Å². The highest BCUT2D eigenvalue weighted by atomic mass is 79.9. The molecule has 6 nitrogen and oxygen atoms in total. The summed E-state index contributed by atoms with van der Waals surface area (Å²) in [5, 5.41) is 15.9. The Labute approximate surface area is 207 Å². The third-order valence-electron chi connectivity index (χ3n) is 5.37. The lowest BCUT2D eigenvalue weighted by Crippen LogP contribution is -2.36. The Kier molecular flexibility index (Phi) is 8.49. The summed E-state index contributed by atoms with van der Waals surface area (Å²) in [4.78, 5) is 26.5. The lowest BCUT2D eigenvalue weighted by atomic mass is 10.0. The highest BCUT2D eigenvalue weighted by molar-refractivity contribution is 9.10. The van der Waals surface area contributed by atoms with E-state index < -0.39 is 11.8 Å². The van der Waals surface area contributed by atoms with Crippen LogP contribution in [0.15, 0.2) is 82.8 Å². The number of phenols is 1. The van der Waals surface area contributed by atoms with Crippen molar-refractivity contribution >= 4 is 33.8 Å². The molecule has 0 bridgehead atoms. The zero-order chi connectivity index (χ0) is 24.7. The molecule has 2 amide bonds. The minimum Gasteiger partial charge on any atom is -0.503 e. The molecule has 0 radical (unpaired) electrons. The number of benzene rings is 3. The van der Waals surface area contributed by atoms with E-state index in [2.05, 4.69) is 26.6 Å². The summed E-state index contributed by atoms with van der Waals surface area (Å²) < 4.78 is 5.59. The van der Waals surface area contributed by atoms with Crippen LogP contribution in [0.2, 0.25) is 0 Å². The van der Waals surface area contributed by atoms with Gasteiger partial charge in [-0.3, -0.25) is 9.59 Å². The topological polar surface area (TPSA) is 87.7 Å². The van der Waals surface area contributed by atoms with Crippen LogP contribution in [0.1, 0.15) is 42.6 Å². The van der Waals surface area contributed by atoms with Gasteiger partial charge in [-0.05, 0) is 64.7 Å². The van der Waals surface area contributed by atoms with Gasteiger partial charge in [0, 0.05) is 0 Å². The number of halogens is 1. The number of hydrogen-bond acceptors (Lipinski definition) is 4. The molecule has 176 valence electrons. The van der Waals surface area contributed by atoms with E-state index in [0.717, 1.165) is 11.1 Å². The molecule has 0 aliphatic heterocycles. The van der Waals surface area contributed by atoms with Gasteiger partial charge in [0.05, 0.1) is 23.7 Å². The summed E-state index contributed by atoms with van der Waals surface area (Å²) >= 11 is 3.28. The van der Waals surface area contributed by atoms with E-state index >= 15 is 0 Å². The van der Waals surface area contributed by atoms with E-state index in [1.807, 2.05) is 74.5 Å². The van der Waals surface area contributed by atoms with E-state index in [9.17, 15) is 14.7 Å². The molecule has 0 aliphatic rings. The van der Waals surface area contributed by atoms with E-state index in [0.29, 0.717) is 10.0 Å². The minimum absolute atomic E-state index is 0.0643. The Bertz CT molecular complexity index is 1120. The molecule has 0 saturated carbocycles. The molecule has 3 aromatic carbocycles. The number of amides is 2. The first-order valence-corrected chi connectivity index (χ1v) is 11.6. The first-order valence-electron chi connectivity index (χ1n) is 10.8. The highest BCUT2D eigenvalue weighted by Crippen LogP contribution is 2.35. The molecule has 0 fully saturated rings. The third-order valence-corrected chi connectivity index (χ3v) is 5.97. The molecule has 0 aliphatic carbocycles. The quantitative estimate of drug-likeness (QED) is 0.213. The number of carbonyl (C=O) groups is 2. The summed E-state index contributed by atoms with van der Waals surface area (Å²) in [6.07, 6.45) is 1.48. The lowest BCUT2D eigenvalue weighted by Gasteiger charge is -2.18. The number of aromatic hydroxyl groups is 1. The van der Waals surface area contributed by atoms with E-state index in [1.54, 1.807) is 12.1 Å². The molecule has 3 N–H and O–H groups in total. The van der Waals surface area contributed by atoms with Crippen LogP contribution in [0.3, 0.4) is 0 Å². The summed E-state index contributed by atoms with van der Waals surface area (Å²) in [6.45, 7) is 3.71. The number of nitrogens with one attached hydrogen (secondary N) is 2. The van der Waals surface area contributed by atoms with Crippen LogP contribution in [0.5, 0.6) is 11.5 Å². The predicted octanol–water partition coefficient (Wildman–Crippen LogP) is 5.30. The van der Waals surface area contributed by atoms with Crippen molar-refractivity contribution in [3.63, 3.8) is 0 Å². The average Bonchev–Trinajstić information content (AvgIpc) is 2.85. The second-order valence-corrected chi connectivity index (χ2v) is 8.68. The smallest absolute Gasteiger partial charge is 0.257 e. The van der Waals surface area contributed by atoms with Gasteiger partial charge in [-0.15, -0.1) is 0 Å². The van der Waals surface area contributed by atoms with Crippen molar-refractivity contribution in [1.82, 2.24) is 10.6 Å². The molecular formula is C27H27BrN2O4. The molecule has 0 aromatic heterocycles. The molecule has 0 saturated heterocycles. The van der Waals surface area contributed by atoms with Crippen molar-refractivity contribution in [2.75, 3.05) is 7.11 Å². The maximum Gasteiger partial charge on any atom is 0.257 e. The summed E-state index contributed by atoms with van der Waals surface area (Å²) in [6, 6.07) is 21.6. The standard InChI is InChI=1S/C27H27BrN2O4/c1-17(20-10-6-4-7-11-20)29-26(32)22(14-19-15-23(28)25(31)24(16-19)34-3)27(33)30-18(2)21-12-8-5-9-13-21/h4-18,31H,1-3H3,(H,29,32)(H,30,33)/t17-,18-/m0/s1. The Hall–Kier alpha value is -3.58. The zero-order valence-corrected chi connectivity index (χ0v) is 20.8. The number of carbonyl (C=O) groups excluding carboxylic acids is 2. The molecular weight excluding hydrogens is 496 g/mol. The van der Waals surface area contributed by atoms with Crippen LogP contribution in [-0.4, -0.2) is 24.0 Å². The maximum atomic E-state index is 13.3. The highest BCUT2D eigenvalue weighted by Gasteiger charge is 2.23. The third kappa shape index (κ3) is 6.26. The van der Waals surface area contributed by atoms with Crippen molar-refractivity contribution < 1.29 is 19.4 Å². The fourth-order valence-corrected chi connectivity index (χ4v) is 3.89. The second kappa shape index (κ2) is 11.5. The molecule has 0 heterocycles. The minimum atomic E-state index is -0.516. The monoisotopic (exact) mass is 522 g/mol. The van der Waals surface area contributed by atoms with Crippen LogP contribution in [0.4, 0.5) is 0 Å². The van der Waals surface area contributed by atoms with Gasteiger partial charge < -0.3 is 20.5 Å². The Morgan fingerprint density at radius 2 is 1.35 bits per heavy atom. The van der Waals surface area contributed by atoms with Crippen LogP contribution in [-0.2, 0) is 9.59 Å². The molecule has 3 rings (SSSR count). The number of rotatable bonds is 8. The number of hydrogen-bond donors (Lipinski definition) is 3. The fourth-order valence-electron chi connectivity index (χ4n) is 3.43. The Balaban J connectivity index is 1.93. The number of phenolic OH excluding ortho intramolecular Hbond substituents is 1. The molecule has 2 atom stereocenters. The van der Waals surface area contributed by atoms with Gasteiger partial charge in [-0.1, -0.05) is 60.7 Å². The van der Waals surface area contributed by atoms with Gasteiger partial charge >= 0.3 is 0 Å². The molecule has 3 aromatic rings. The summed E-state index contributed by atoms with van der Waals surface area (Å²) in [5.41, 5.74) is 2.29. The van der Waals surface area contributed by atoms with Gasteiger partial charge in [-0.25, -0.2) is 0 Å². The van der Waals surface area contributed by atoms with Gasteiger partial charge in [0.1, 0.15) is 5.57 Å². The SMILES string of the molecule is COc1cc(C=C(C(=O)N[C@@H](C)c2ccccc2)C(=O)N[C@@H](C)c2ccccc2)cc(Br)c1O. The molecule has 0 spiro atoms. The largest absolute Gasteiger partial charge is 0.503 e. The van der Waals surface area contributed by atoms with E-state index in [1.165, 1.54) is 13.2 Å². The van der Waals surface area contributed by atoms with Crippen molar-refractivity contribution in [2.24, 2.45) is 0 Å². The first kappa shape index (κ1) is 25.1. The average molecular weight is 523 g/mol. The predicted molar refractivity (Wildman–Crippen MR) is 136 cm³/mol. The van der Waals surface area contributed by atoms with Crippen LogP contribution >= 0.6 is 15.9 Å². The van der Waals surface area contributed by atoms with Crippen molar-refractivity contribution in [3.05, 3.63) is 99.5 Å². The molecule has 7 heteroatoms. The second-order valence-electron chi connectivity index (χ2n) is 7.82. The first-order chi connectivity index (χ1) is 16.3. The van der Waals surface area contributed by atoms with Gasteiger partial charge in [-0.2, -0.15) is 0 Å².